The number of fused-ring (bicyclic) bond motifs is 1. The van der Waals surface area contributed by atoms with Gasteiger partial charge in [0.15, 0.2) is 0 Å². The van der Waals surface area contributed by atoms with Gasteiger partial charge in [0.05, 0.1) is 0 Å². The van der Waals surface area contributed by atoms with Crippen molar-refractivity contribution < 1.29 is 14.7 Å². The highest BCUT2D eigenvalue weighted by Crippen LogP contribution is 2.27. The van der Waals surface area contributed by atoms with E-state index in [1.807, 2.05) is 0 Å². The lowest BCUT2D eigenvalue weighted by atomic mass is 9.99. The molecule has 0 spiro atoms. The molecule has 0 radical (unpaired) electrons. The molecular weight excluding hydrogens is 258 g/mol. The number of piperidine rings is 1. The predicted molar refractivity (Wildman–Crippen MR) is 75.6 cm³/mol. The lowest BCUT2D eigenvalue weighted by molar-refractivity contribution is -0.137. The standard InChI is InChI=1S/C14H23N3O3/c1-2-7-17(10-13(18)19)14(20)15-11-6-9-16-8-4-3-5-12(11)16/h2,11-12H,1,3-10H2,(H,15,20)(H,18,19). The van der Waals surface area contributed by atoms with E-state index in [0.29, 0.717) is 6.04 Å². The average molecular weight is 281 g/mol. The van der Waals surface area contributed by atoms with Gasteiger partial charge in [-0.25, -0.2) is 4.79 Å². The first-order valence-electron chi connectivity index (χ1n) is 7.24. The summed E-state index contributed by atoms with van der Waals surface area (Å²) in [5, 5.41) is 11.8. The molecule has 2 saturated heterocycles. The Balaban J connectivity index is 1.91. The highest BCUT2D eigenvalue weighted by molar-refractivity contribution is 5.80. The highest BCUT2D eigenvalue weighted by Gasteiger charge is 2.36. The largest absolute Gasteiger partial charge is 0.480 e. The molecule has 2 fully saturated rings. The van der Waals surface area contributed by atoms with E-state index in [2.05, 4.69) is 16.8 Å². The van der Waals surface area contributed by atoms with Gasteiger partial charge in [-0.05, 0) is 25.8 Å². The van der Waals surface area contributed by atoms with Crippen LogP contribution in [0.2, 0.25) is 0 Å². The first-order valence-corrected chi connectivity index (χ1v) is 7.24. The van der Waals surface area contributed by atoms with Crippen molar-refractivity contribution in [3.05, 3.63) is 12.7 Å². The molecule has 0 aliphatic carbocycles. The quantitative estimate of drug-likeness (QED) is 0.734. The topological polar surface area (TPSA) is 72.9 Å². The number of carbonyl (C=O) groups excluding carboxylic acids is 1. The van der Waals surface area contributed by atoms with Crippen LogP contribution in [0.15, 0.2) is 12.7 Å². The Hall–Kier alpha value is -1.56. The van der Waals surface area contributed by atoms with Crippen molar-refractivity contribution in [1.29, 1.82) is 0 Å². The lowest BCUT2D eigenvalue weighted by Crippen LogP contribution is -2.51. The van der Waals surface area contributed by atoms with Crippen LogP contribution in [0.1, 0.15) is 25.7 Å². The molecule has 2 aliphatic heterocycles. The molecule has 6 nitrogen and oxygen atoms in total. The third-order valence-corrected chi connectivity index (χ3v) is 4.13. The zero-order chi connectivity index (χ0) is 14.5. The summed E-state index contributed by atoms with van der Waals surface area (Å²) in [7, 11) is 0. The number of aliphatic carboxylic acids is 1. The minimum Gasteiger partial charge on any atom is -0.480 e. The summed E-state index contributed by atoms with van der Waals surface area (Å²) in [4.78, 5) is 26.7. The smallest absolute Gasteiger partial charge is 0.323 e. The van der Waals surface area contributed by atoms with Crippen molar-refractivity contribution in [2.75, 3.05) is 26.2 Å². The first kappa shape index (κ1) is 14.8. The molecule has 2 N–H and O–H groups in total. The van der Waals surface area contributed by atoms with Crippen LogP contribution in [-0.2, 0) is 4.79 Å². The van der Waals surface area contributed by atoms with Crippen LogP contribution in [-0.4, -0.2) is 65.2 Å². The van der Waals surface area contributed by atoms with Crippen LogP contribution in [0, 0.1) is 0 Å². The summed E-state index contributed by atoms with van der Waals surface area (Å²) in [5.41, 5.74) is 0. The Kier molecular flexibility index (Phi) is 5.00. The number of carbonyl (C=O) groups is 2. The van der Waals surface area contributed by atoms with Crippen LogP contribution >= 0.6 is 0 Å². The number of hydrogen-bond acceptors (Lipinski definition) is 3. The number of carboxylic acid groups (broad SMARTS) is 1. The summed E-state index contributed by atoms with van der Waals surface area (Å²) in [6.45, 7) is 5.66. The maximum absolute atomic E-state index is 12.2. The molecule has 2 aliphatic rings. The number of carboxylic acids is 1. The second-order valence-electron chi connectivity index (χ2n) is 5.51. The van der Waals surface area contributed by atoms with Gasteiger partial charge in [0.1, 0.15) is 6.54 Å². The Morgan fingerprint density at radius 3 is 2.85 bits per heavy atom. The summed E-state index contributed by atoms with van der Waals surface area (Å²) >= 11 is 0. The zero-order valence-corrected chi connectivity index (χ0v) is 11.8. The highest BCUT2D eigenvalue weighted by atomic mass is 16.4. The Morgan fingerprint density at radius 1 is 1.35 bits per heavy atom. The molecule has 2 unspecified atom stereocenters. The number of urea groups is 1. The number of rotatable bonds is 5. The fourth-order valence-electron chi connectivity index (χ4n) is 3.20. The SMILES string of the molecule is C=CCN(CC(=O)O)C(=O)NC1CCN2CCCCC12. The molecule has 0 saturated carbocycles. The van der Waals surface area contributed by atoms with Crippen molar-refractivity contribution in [2.24, 2.45) is 0 Å². The predicted octanol–water partition coefficient (Wildman–Crippen LogP) is 0.895. The van der Waals surface area contributed by atoms with E-state index in [0.717, 1.165) is 25.9 Å². The molecule has 112 valence electrons. The van der Waals surface area contributed by atoms with Crippen LogP contribution < -0.4 is 5.32 Å². The van der Waals surface area contributed by atoms with Crippen molar-refractivity contribution in [3.63, 3.8) is 0 Å². The van der Waals surface area contributed by atoms with Gasteiger partial charge in [-0.3, -0.25) is 9.69 Å². The van der Waals surface area contributed by atoms with Crippen LogP contribution in [0.3, 0.4) is 0 Å². The maximum atomic E-state index is 12.2. The van der Waals surface area contributed by atoms with Gasteiger partial charge < -0.3 is 15.3 Å². The number of hydrogen-bond donors (Lipinski definition) is 2. The van der Waals surface area contributed by atoms with E-state index in [1.54, 1.807) is 6.08 Å². The number of amides is 2. The molecule has 2 amide bonds. The van der Waals surface area contributed by atoms with Gasteiger partial charge in [0.25, 0.3) is 0 Å². The van der Waals surface area contributed by atoms with Crippen molar-refractivity contribution in [1.82, 2.24) is 15.1 Å². The van der Waals surface area contributed by atoms with Gasteiger partial charge in [0, 0.05) is 25.2 Å². The van der Waals surface area contributed by atoms with E-state index < -0.39 is 5.97 Å². The van der Waals surface area contributed by atoms with Gasteiger partial charge in [0.2, 0.25) is 0 Å². The van der Waals surface area contributed by atoms with E-state index >= 15 is 0 Å². The van der Waals surface area contributed by atoms with Crippen LogP contribution in [0.4, 0.5) is 4.79 Å². The maximum Gasteiger partial charge on any atom is 0.323 e. The van der Waals surface area contributed by atoms with Gasteiger partial charge in [-0.15, -0.1) is 6.58 Å². The van der Waals surface area contributed by atoms with Crippen molar-refractivity contribution in [3.8, 4) is 0 Å². The van der Waals surface area contributed by atoms with E-state index in [1.165, 1.54) is 17.7 Å². The van der Waals surface area contributed by atoms with Gasteiger partial charge in [-0.1, -0.05) is 12.5 Å². The van der Waals surface area contributed by atoms with Gasteiger partial charge >= 0.3 is 12.0 Å². The lowest BCUT2D eigenvalue weighted by Gasteiger charge is -2.33. The molecule has 2 atom stereocenters. The van der Waals surface area contributed by atoms with Gasteiger partial charge in [-0.2, -0.15) is 0 Å². The van der Waals surface area contributed by atoms with E-state index in [4.69, 9.17) is 5.11 Å². The van der Waals surface area contributed by atoms with E-state index in [9.17, 15) is 9.59 Å². The third-order valence-electron chi connectivity index (χ3n) is 4.13. The molecule has 0 aromatic rings. The van der Waals surface area contributed by atoms with E-state index in [-0.39, 0.29) is 25.2 Å². The molecule has 6 heteroatoms. The zero-order valence-electron chi connectivity index (χ0n) is 11.8. The molecule has 0 bridgehead atoms. The minimum atomic E-state index is -1.01. The fraction of sp³-hybridized carbons (Fsp3) is 0.714. The third kappa shape index (κ3) is 3.50. The summed E-state index contributed by atoms with van der Waals surface area (Å²) in [6, 6.07) is 0.261. The number of nitrogens with one attached hydrogen (secondary N) is 1. The normalized spacial score (nSPS) is 25.8. The summed E-state index contributed by atoms with van der Waals surface area (Å²) < 4.78 is 0. The Labute approximate surface area is 119 Å². The molecule has 20 heavy (non-hydrogen) atoms. The molecule has 0 aromatic heterocycles. The molecule has 0 aromatic carbocycles. The molecular formula is C14H23N3O3. The fourth-order valence-corrected chi connectivity index (χ4v) is 3.20. The summed E-state index contributed by atoms with van der Waals surface area (Å²) in [6.07, 6.45) is 6.05. The van der Waals surface area contributed by atoms with Crippen molar-refractivity contribution in [2.45, 2.75) is 37.8 Å². The Bertz CT molecular complexity index is 386. The van der Waals surface area contributed by atoms with Crippen LogP contribution in [0.25, 0.3) is 0 Å². The average Bonchev–Trinajstić information content (AvgIpc) is 2.81. The molecule has 2 rings (SSSR count). The Morgan fingerprint density at radius 2 is 2.15 bits per heavy atom. The minimum absolute atomic E-state index is 0.143. The monoisotopic (exact) mass is 281 g/mol. The van der Waals surface area contributed by atoms with Crippen molar-refractivity contribution >= 4 is 12.0 Å². The summed E-state index contributed by atoms with van der Waals surface area (Å²) in [5.74, 6) is -1.01. The molecule has 2 heterocycles. The first-order chi connectivity index (χ1) is 9.61. The second-order valence-corrected chi connectivity index (χ2v) is 5.51. The number of nitrogens with zero attached hydrogens (tertiary/aromatic N) is 2. The second kappa shape index (κ2) is 6.74. The van der Waals surface area contributed by atoms with Crippen LogP contribution in [0.5, 0.6) is 0 Å².